The summed E-state index contributed by atoms with van der Waals surface area (Å²) in [5.41, 5.74) is 1.80. The van der Waals surface area contributed by atoms with Gasteiger partial charge in [-0.05, 0) is 31.5 Å². The highest BCUT2D eigenvalue weighted by molar-refractivity contribution is 5.85. The highest BCUT2D eigenvalue weighted by atomic mass is 16.5. The molecule has 0 bridgehead atoms. The number of fused-ring (bicyclic) bond motifs is 1. The predicted molar refractivity (Wildman–Crippen MR) is 145 cm³/mol. The lowest BCUT2D eigenvalue weighted by Gasteiger charge is -2.37. The van der Waals surface area contributed by atoms with Crippen LogP contribution in [0.15, 0.2) is 57.7 Å². The molecule has 5 rings (SSSR count). The van der Waals surface area contributed by atoms with Gasteiger partial charge in [-0.15, -0.1) is 0 Å². The van der Waals surface area contributed by atoms with Crippen molar-refractivity contribution in [3.63, 3.8) is 0 Å². The third-order valence-electron chi connectivity index (χ3n) is 7.56. The number of piperazine rings is 1. The minimum absolute atomic E-state index is 0.0894. The molecule has 8 heteroatoms. The van der Waals surface area contributed by atoms with Crippen LogP contribution in [0.2, 0.25) is 0 Å². The number of benzene rings is 2. The van der Waals surface area contributed by atoms with E-state index in [1.54, 1.807) is 32.4 Å². The van der Waals surface area contributed by atoms with Gasteiger partial charge in [0.1, 0.15) is 28.2 Å². The normalized spacial score (nSPS) is 18.3. The third kappa shape index (κ3) is 6.51. The van der Waals surface area contributed by atoms with Crippen LogP contribution in [0.5, 0.6) is 11.5 Å². The van der Waals surface area contributed by atoms with E-state index >= 15 is 0 Å². The summed E-state index contributed by atoms with van der Waals surface area (Å²) in [6.45, 7) is 8.78. The topological polar surface area (TPSA) is 70.4 Å². The van der Waals surface area contributed by atoms with Gasteiger partial charge in [-0.25, -0.2) is 0 Å². The molecule has 3 heterocycles. The summed E-state index contributed by atoms with van der Waals surface area (Å²) in [6.07, 6.45) is 2.40. The van der Waals surface area contributed by atoms with Crippen molar-refractivity contribution in [1.29, 1.82) is 0 Å². The maximum Gasteiger partial charge on any atom is 0.196 e. The molecular weight excluding hydrogens is 468 g/mol. The fourth-order valence-electron chi connectivity index (χ4n) is 5.36. The number of hydrogen-bond acceptors (Lipinski definition) is 8. The maximum atomic E-state index is 12.8. The summed E-state index contributed by atoms with van der Waals surface area (Å²) in [6, 6.07) is 16.4. The molecular formula is C29H38N4O4. The summed E-state index contributed by atoms with van der Waals surface area (Å²) >= 11 is 0. The van der Waals surface area contributed by atoms with E-state index < -0.39 is 0 Å². The average Bonchev–Trinajstić information content (AvgIpc) is 2.93. The van der Waals surface area contributed by atoms with Crippen LogP contribution in [0.25, 0.3) is 11.0 Å². The van der Waals surface area contributed by atoms with Crippen LogP contribution in [0, 0.1) is 0 Å². The molecule has 2 aromatic carbocycles. The van der Waals surface area contributed by atoms with E-state index in [2.05, 4.69) is 50.3 Å². The standard InChI is InChI=1S/C29H38N4O4/c1-35-24-17-27(36-2)29-26(34)16-25(37-28(29)18-24)20-32-12-14-33(15-13-32)21-30-23-8-10-31(11-9-23)19-22-6-4-3-5-7-22/h3-7,16-18,23,30H,8-15,19-21H2,1-2H3. The molecule has 0 saturated carbocycles. The van der Waals surface area contributed by atoms with Crippen molar-refractivity contribution in [2.24, 2.45) is 0 Å². The first-order valence-corrected chi connectivity index (χ1v) is 13.2. The molecule has 37 heavy (non-hydrogen) atoms. The molecule has 0 atom stereocenters. The Morgan fingerprint density at radius 3 is 2.27 bits per heavy atom. The lowest BCUT2D eigenvalue weighted by Crippen LogP contribution is -2.51. The minimum Gasteiger partial charge on any atom is -0.496 e. The van der Waals surface area contributed by atoms with Crippen LogP contribution in [0.3, 0.4) is 0 Å². The van der Waals surface area contributed by atoms with Crippen molar-refractivity contribution in [3.05, 3.63) is 70.1 Å². The van der Waals surface area contributed by atoms with Gasteiger partial charge in [0.05, 0.1) is 20.8 Å². The molecule has 2 aliphatic rings. The average molecular weight is 507 g/mol. The number of nitrogens with zero attached hydrogens (tertiary/aromatic N) is 3. The van der Waals surface area contributed by atoms with Gasteiger partial charge in [0.15, 0.2) is 5.43 Å². The first-order chi connectivity index (χ1) is 18.1. The molecule has 0 radical (unpaired) electrons. The number of hydrogen-bond donors (Lipinski definition) is 1. The summed E-state index contributed by atoms with van der Waals surface area (Å²) in [5.74, 6) is 1.74. The number of likely N-dealkylation sites (tertiary alicyclic amines) is 1. The Morgan fingerprint density at radius 1 is 0.865 bits per heavy atom. The predicted octanol–water partition coefficient (Wildman–Crippen LogP) is 3.14. The van der Waals surface area contributed by atoms with Gasteiger partial charge in [-0.1, -0.05) is 30.3 Å². The summed E-state index contributed by atoms with van der Waals surface area (Å²) in [7, 11) is 3.14. The fraction of sp³-hybridized carbons (Fsp3) is 0.483. The van der Waals surface area contributed by atoms with E-state index in [-0.39, 0.29) is 5.43 Å². The monoisotopic (exact) mass is 506 g/mol. The summed E-state index contributed by atoms with van der Waals surface area (Å²) < 4.78 is 16.8. The smallest absolute Gasteiger partial charge is 0.196 e. The second kappa shape index (κ2) is 12.1. The second-order valence-corrected chi connectivity index (χ2v) is 10.1. The maximum absolute atomic E-state index is 12.8. The van der Waals surface area contributed by atoms with Gasteiger partial charge >= 0.3 is 0 Å². The zero-order valence-electron chi connectivity index (χ0n) is 21.9. The van der Waals surface area contributed by atoms with E-state index in [1.165, 1.54) is 18.4 Å². The van der Waals surface area contributed by atoms with Gasteiger partial charge < -0.3 is 19.2 Å². The largest absolute Gasteiger partial charge is 0.496 e. The Balaban J connectivity index is 1.07. The van der Waals surface area contributed by atoms with Crippen molar-refractivity contribution in [2.75, 3.05) is 60.2 Å². The van der Waals surface area contributed by atoms with Gasteiger partial charge in [-0.3, -0.25) is 19.5 Å². The minimum atomic E-state index is -0.0894. The molecule has 0 spiro atoms. The number of methoxy groups -OCH3 is 2. The summed E-state index contributed by atoms with van der Waals surface area (Å²) in [5, 5.41) is 4.24. The lowest BCUT2D eigenvalue weighted by molar-refractivity contribution is 0.104. The van der Waals surface area contributed by atoms with Crippen molar-refractivity contribution in [1.82, 2.24) is 20.0 Å². The first-order valence-electron chi connectivity index (χ1n) is 13.2. The van der Waals surface area contributed by atoms with Crippen molar-refractivity contribution in [3.8, 4) is 11.5 Å². The Morgan fingerprint density at radius 2 is 1.57 bits per heavy atom. The molecule has 2 saturated heterocycles. The number of nitrogens with one attached hydrogen (secondary N) is 1. The van der Waals surface area contributed by atoms with E-state index in [0.717, 1.165) is 52.5 Å². The highest BCUT2D eigenvalue weighted by Gasteiger charge is 2.22. The van der Waals surface area contributed by atoms with E-state index in [4.69, 9.17) is 13.9 Å². The van der Waals surface area contributed by atoms with Crippen LogP contribution in [0.4, 0.5) is 0 Å². The van der Waals surface area contributed by atoms with Gasteiger partial charge in [0.25, 0.3) is 0 Å². The molecule has 1 N–H and O–H groups in total. The molecule has 0 unspecified atom stereocenters. The van der Waals surface area contributed by atoms with Gasteiger partial charge in [-0.2, -0.15) is 0 Å². The Kier molecular flexibility index (Phi) is 8.41. The number of rotatable bonds is 9. The summed E-state index contributed by atoms with van der Waals surface area (Å²) in [4.78, 5) is 20.2. The molecule has 2 fully saturated rings. The zero-order valence-corrected chi connectivity index (χ0v) is 21.9. The molecule has 1 aromatic heterocycles. The van der Waals surface area contributed by atoms with Crippen molar-refractivity contribution < 1.29 is 13.9 Å². The van der Waals surface area contributed by atoms with Crippen LogP contribution < -0.4 is 20.2 Å². The molecule has 0 amide bonds. The second-order valence-electron chi connectivity index (χ2n) is 10.1. The Bertz CT molecular complexity index is 1220. The van der Waals surface area contributed by atoms with Gasteiger partial charge in [0.2, 0.25) is 0 Å². The molecule has 3 aromatic rings. The lowest BCUT2D eigenvalue weighted by atomic mass is 10.0. The van der Waals surface area contributed by atoms with Crippen LogP contribution in [0.1, 0.15) is 24.2 Å². The molecule has 0 aliphatic carbocycles. The molecule has 2 aliphatic heterocycles. The Hall–Kier alpha value is -2.91. The van der Waals surface area contributed by atoms with Crippen LogP contribution >= 0.6 is 0 Å². The quantitative estimate of drug-likeness (QED) is 0.475. The van der Waals surface area contributed by atoms with E-state index in [0.29, 0.717) is 40.8 Å². The first kappa shape index (κ1) is 25.7. The SMILES string of the molecule is COc1cc(OC)c2c(=O)cc(CN3CCN(CNC4CCN(Cc5ccccc5)CC4)CC3)oc2c1. The van der Waals surface area contributed by atoms with Crippen molar-refractivity contribution >= 4 is 11.0 Å². The molecule has 198 valence electrons. The number of piperidine rings is 1. The molecule has 8 nitrogen and oxygen atoms in total. The van der Waals surface area contributed by atoms with Crippen LogP contribution in [-0.4, -0.2) is 80.9 Å². The fourth-order valence-corrected chi connectivity index (χ4v) is 5.36. The van der Waals surface area contributed by atoms with Crippen molar-refractivity contribution in [2.45, 2.75) is 32.0 Å². The van der Waals surface area contributed by atoms with E-state index in [1.807, 2.05) is 0 Å². The van der Waals surface area contributed by atoms with Gasteiger partial charge in [0, 0.05) is 63.6 Å². The zero-order chi connectivity index (χ0) is 25.6. The number of ether oxygens (including phenoxy) is 2. The van der Waals surface area contributed by atoms with E-state index in [9.17, 15) is 4.79 Å². The highest BCUT2D eigenvalue weighted by Crippen LogP contribution is 2.29. The Labute approximate surface area is 218 Å². The third-order valence-corrected chi connectivity index (χ3v) is 7.56. The van der Waals surface area contributed by atoms with Crippen LogP contribution in [-0.2, 0) is 13.1 Å².